The van der Waals surface area contributed by atoms with Crippen LogP contribution in [0.15, 0.2) is 17.1 Å². The fraction of sp³-hybridized carbons (Fsp3) is 0.556. The lowest BCUT2D eigenvalue weighted by molar-refractivity contribution is -0.122. The van der Waals surface area contributed by atoms with E-state index in [0.29, 0.717) is 12.5 Å². The number of hydrogen-bond acceptors (Lipinski definition) is 5. The van der Waals surface area contributed by atoms with Crippen molar-refractivity contribution >= 4 is 11.6 Å². The number of hydrogen-bond donors (Lipinski definition) is 1. The number of amides is 1. The first-order chi connectivity index (χ1) is 12.3. The molecular formula is C18H26N6O2. The maximum Gasteiger partial charge on any atom is 0.268 e. The van der Waals surface area contributed by atoms with Crippen molar-refractivity contribution in [3.05, 3.63) is 39.6 Å². The summed E-state index contributed by atoms with van der Waals surface area (Å²) in [6.45, 7) is 8.51. The van der Waals surface area contributed by atoms with Gasteiger partial charge < -0.3 is 10.2 Å². The molecule has 8 nitrogen and oxygen atoms in total. The first-order valence-corrected chi connectivity index (χ1v) is 8.90. The highest BCUT2D eigenvalue weighted by Crippen LogP contribution is 2.21. The topological polar surface area (TPSA) is 85.1 Å². The third-order valence-corrected chi connectivity index (χ3v) is 5.23. The Morgan fingerprint density at radius 3 is 2.77 bits per heavy atom. The van der Waals surface area contributed by atoms with Gasteiger partial charge in [0.1, 0.15) is 6.54 Å². The number of nitrogens with zero attached hydrogens (tertiary/aromatic N) is 5. The van der Waals surface area contributed by atoms with Crippen molar-refractivity contribution in [3.63, 3.8) is 0 Å². The Hall–Kier alpha value is -2.64. The second-order valence-electron chi connectivity index (χ2n) is 7.03. The quantitative estimate of drug-likeness (QED) is 0.843. The van der Waals surface area contributed by atoms with E-state index >= 15 is 0 Å². The van der Waals surface area contributed by atoms with E-state index in [4.69, 9.17) is 0 Å². The third kappa shape index (κ3) is 3.79. The van der Waals surface area contributed by atoms with Crippen LogP contribution < -0.4 is 15.8 Å². The van der Waals surface area contributed by atoms with E-state index in [2.05, 4.69) is 20.4 Å². The molecule has 8 heteroatoms. The van der Waals surface area contributed by atoms with Gasteiger partial charge in [0.15, 0.2) is 0 Å². The summed E-state index contributed by atoms with van der Waals surface area (Å²) < 4.78 is 3.07. The maximum atomic E-state index is 12.2. The molecule has 3 heterocycles. The molecule has 3 rings (SSSR count). The first-order valence-electron chi connectivity index (χ1n) is 8.90. The van der Waals surface area contributed by atoms with Crippen molar-refractivity contribution in [2.24, 2.45) is 13.0 Å². The summed E-state index contributed by atoms with van der Waals surface area (Å²) >= 11 is 0. The molecule has 2 aromatic heterocycles. The van der Waals surface area contributed by atoms with Crippen molar-refractivity contribution in [1.82, 2.24) is 24.9 Å². The Labute approximate surface area is 152 Å². The zero-order chi connectivity index (χ0) is 18.8. The van der Waals surface area contributed by atoms with Crippen LogP contribution in [0.4, 0.5) is 5.69 Å². The van der Waals surface area contributed by atoms with E-state index in [1.807, 2.05) is 20.8 Å². The van der Waals surface area contributed by atoms with E-state index in [0.717, 1.165) is 42.1 Å². The fourth-order valence-corrected chi connectivity index (χ4v) is 3.26. The van der Waals surface area contributed by atoms with Gasteiger partial charge in [0.05, 0.1) is 17.6 Å². The van der Waals surface area contributed by atoms with E-state index < -0.39 is 0 Å². The van der Waals surface area contributed by atoms with Crippen LogP contribution >= 0.6 is 0 Å². The monoisotopic (exact) mass is 358 g/mol. The number of aromatic nitrogens is 4. The second-order valence-corrected chi connectivity index (χ2v) is 7.03. The predicted octanol–water partition coefficient (Wildman–Crippen LogP) is 0.545. The average molecular weight is 358 g/mol. The van der Waals surface area contributed by atoms with Gasteiger partial charge in [0, 0.05) is 38.4 Å². The molecule has 2 aromatic rings. The molecule has 0 radical (unpaired) electrons. The molecule has 1 amide bonds. The predicted molar refractivity (Wildman–Crippen MR) is 99.2 cm³/mol. The van der Waals surface area contributed by atoms with Gasteiger partial charge in [-0.15, -0.1) is 0 Å². The summed E-state index contributed by atoms with van der Waals surface area (Å²) in [6.07, 6.45) is 2.70. The molecule has 0 spiro atoms. The van der Waals surface area contributed by atoms with E-state index in [1.165, 1.54) is 4.68 Å². The highest BCUT2D eigenvalue weighted by atomic mass is 16.2. The van der Waals surface area contributed by atoms with Gasteiger partial charge in [-0.3, -0.25) is 14.3 Å². The summed E-state index contributed by atoms with van der Waals surface area (Å²) in [5.41, 5.74) is 3.86. The van der Waals surface area contributed by atoms with Gasteiger partial charge in [-0.25, -0.2) is 4.68 Å². The van der Waals surface area contributed by atoms with Crippen LogP contribution in [-0.4, -0.2) is 45.1 Å². The fourth-order valence-electron chi connectivity index (χ4n) is 3.26. The summed E-state index contributed by atoms with van der Waals surface area (Å²) in [5, 5.41) is 11.5. The molecule has 0 unspecified atom stereocenters. The van der Waals surface area contributed by atoms with Crippen molar-refractivity contribution in [3.8, 4) is 0 Å². The molecule has 1 aliphatic heterocycles. The molecule has 0 aliphatic carbocycles. The van der Waals surface area contributed by atoms with Crippen LogP contribution in [0.25, 0.3) is 0 Å². The highest BCUT2D eigenvalue weighted by Gasteiger charge is 2.24. The number of rotatable bonds is 5. The lowest BCUT2D eigenvalue weighted by Crippen LogP contribution is -2.34. The molecule has 1 saturated heterocycles. The number of anilines is 1. The van der Waals surface area contributed by atoms with E-state index in [1.54, 1.807) is 24.0 Å². The highest BCUT2D eigenvalue weighted by molar-refractivity contribution is 5.75. The van der Waals surface area contributed by atoms with Crippen LogP contribution in [-0.2, 0) is 18.4 Å². The molecule has 26 heavy (non-hydrogen) atoms. The number of aryl methyl sites for hydroxylation is 2. The SMILES string of the molecule is Cc1nn(CC(=O)NC[C@@H]2CCN(c3cnn(C)c(=O)c3)C2)c(C)c1C. The van der Waals surface area contributed by atoms with Crippen molar-refractivity contribution < 1.29 is 4.79 Å². The van der Waals surface area contributed by atoms with Gasteiger partial charge in [-0.1, -0.05) is 0 Å². The molecule has 1 N–H and O–H groups in total. The average Bonchev–Trinajstić information content (AvgIpc) is 3.17. The van der Waals surface area contributed by atoms with Crippen LogP contribution in [0, 0.1) is 26.7 Å². The Kier molecular flexibility index (Phi) is 5.11. The van der Waals surface area contributed by atoms with Crippen molar-refractivity contribution in [2.45, 2.75) is 33.7 Å². The van der Waals surface area contributed by atoms with Crippen LogP contribution in [0.3, 0.4) is 0 Å². The maximum absolute atomic E-state index is 12.2. The van der Waals surface area contributed by atoms with Gasteiger partial charge >= 0.3 is 0 Å². The second kappa shape index (κ2) is 7.31. The smallest absolute Gasteiger partial charge is 0.268 e. The van der Waals surface area contributed by atoms with Gasteiger partial charge in [-0.05, 0) is 38.7 Å². The molecule has 140 valence electrons. The Morgan fingerprint density at radius 2 is 2.12 bits per heavy atom. The first kappa shape index (κ1) is 18.2. The molecule has 0 bridgehead atoms. The normalized spacial score (nSPS) is 16.9. The summed E-state index contributed by atoms with van der Waals surface area (Å²) in [6, 6.07) is 1.61. The molecule has 1 atom stereocenters. The molecule has 0 aromatic carbocycles. The van der Waals surface area contributed by atoms with E-state index in [-0.39, 0.29) is 18.0 Å². The number of carbonyl (C=O) groups excluding carboxylic acids is 1. The summed E-state index contributed by atoms with van der Waals surface area (Å²) in [7, 11) is 1.64. The molecular weight excluding hydrogens is 332 g/mol. The Morgan fingerprint density at radius 1 is 1.35 bits per heavy atom. The van der Waals surface area contributed by atoms with Crippen molar-refractivity contribution in [1.29, 1.82) is 0 Å². The molecule has 0 saturated carbocycles. The van der Waals surface area contributed by atoms with Crippen LogP contribution in [0.5, 0.6) is 0 Å². The van der Waals surface area contributed by atoms with E-state index in [9.17, 15) is 9.59 Å². The zero-order valence-electron chi connectivity index (χ0n) is 15.8. The van der Waals surface area contributed by atoms with Gasteiger partial charge in [0.2, 0.25) is 5.91 Å². The minimum Gasteiger partial charge on any atom is -0.370 e. The largest absolute Gasteiger partial charge is 0.370 e. The van der Waals surface area contributed by atoms with Crippen LogP contribution in [0.2, 0.25) is 0 Å². The zero-order valence-corrected chi connectivity index (χ0v) is 15.8. The number of carbonyl (C=O) groups is 1. The summed E-state index contributed by atoms with van der Waals surface area (Å²) in [4.78, 5) is 26.1. The lowest BCUT2D eigenvalue weighted by atomic mass is 10.1. The van der Waals surface area contributed by atoms with Gasteiger partial charge in [-0.2, -0.15) is 10.2 Å². The number of nitrogens with one attached hydrogen (secondary N) is 1. The van der Waals surface area contributed by atoms with Crippen LogP contribution in [0.1, 0.15) is 23.4 Å². The minimum atomic E-state index is -0.112. The molecule has 1 fully saturated rings. The third-order valence-electron chi connectivity index (χ3n) is 5.23. The molecule has 1 aliphatic rings. The summed E-state index contributed by atoms with van der Waals surface area (Å²) in [5.74, 6) is 0.342. The van der Waals surface area contributed by atoms with Gasteiger partial charge in [0.25, 0.3) is 5.56 Å². The Bertz CT molecular complexity index is 869. The minimum absolute atomic E-state index is 0.0238. The van der Waals surface area contributed by atoms with Crippen molar-refractivity contribution in [2.75, 3.05) is 24.5 Å². The lowest BCUT2D eigenvalue weighted by Gasteiger charge is -2.18. The Balaban J connectivity index is 1.51. The standard InChI is InChI=1S/C18H26N6O2/c1-12-13(2)21-24(14(12)3)11-17(25)19-8-15-5-6-23(10-15)16-7-18(26)22(4)20-9-16/h7,9,15H,5-6,8,10-11H2,1-4H3,(H,19,25)/t15-/m0/s1.